The van der Waals surface area contributed by atoms with Gasteiger partial charge in [0.05, 0.1) is 9.52 Å². The standard InChI is InChI=1S/C16H18O2Si/c17-16(18)15(19-14-9-5-2-6-10-14)12-11-13-7-3-1-4-8-13/h1-10,15H,11-12,19H2,(H,17,18). The molecule has 0 aromatic heterocycles. The third kappa shape index (κ3) is 4.37. The monoisotopic (exact) mass is 270 g/mol. The predicted molar refractivity (Wildman–Crippen MR) is 80.8 cm³/mol. The minimum Gasteiger partial charge on any atom is -0.481 e. The minimum atomic E-state index is -0.760. The van der Waals surface area contributed by atoms with Crippen LogP contribution >= 0.6 is 0 Å². The van der Waals surface area contributed by atoms with Crippen LogP contribution in [0.5, 0.6) is 0 Å². The maximum absolute atomic E-state index is 11.4. The Balaban J connectivity index is 1.95. The number of hydrogen-bond acceptors (Lipinski definition) is 1. The molecule has 0 saturated heterocycles. The zero-order chi connectivity index (χ0) is 13.5. The molecule has 2 aromatic rings. The van der Waals surface area contributed by atoms with Crippen molar-refractivity contribution in [2.75, 3.05) is 0 Å². The van der Waals surface area contributed by atoms with Gasteiger partial charge in [-0.1, -0.05) is 65.9 Å². The molecule has 0 aliphatic carbocycles. The Kier molecular flexibility index (Phi) is 4.92. The van der Waals surface area contributed by atoms with Gasteiger partial charge in [-0.05, 0) is 18.4 Å². The Morgan fingerprint density at radius 3 is 2.16 bits per heavy atom. The highest BCUT2D eigenvalue weighted by Gasteiger charge is 2.18. The average Bonchev–Trinajstić information content (AvgIpc) is 2.45. The zero-order valence-electron chi connectivity index (χ0n) is 10.8. The smallest absolute Gasteiger partial charge is 0.303 e. The highest BCUT2D eigenvalue weighted by Crippen LogP contribution is 2.14. The SMILES string of the molecule is O=C(O)C(CCc1ccccc1)[SiH2]c1ccccc1. The van der Waals surface area contributed by atoms with Gasteiger partial charge in [-0.2, -0.15) is 0 Å². The summed E-state index contributed by atoms with van der Waals surface area (Å²) >= 11 is 0. The van der Waals surface area contributed by atoms with Gasteiger partial charge in [-0.25, -0.2) is 0 Å². The van der Waals surface area contributed by atoms with Gasteiger partial charge in [0, 0.05) is 5.54 Å². The van der Waals surface area contributed by atoms with Gasteiger partial charge in [0.25, 0.3) is 0 Å². The summed E-state index contributed by atoms with van der Waals surface area (Å²) in [4.78, 5) is 11.4. The molecule has 98 valence electrons. The predicted octanol–water partition coefficient (Wildman–Crippen LogP) is 1.99. The summed E-state index contributed by atoms with van der Waals surface area (Å²) in [6.45, 7) is 0. The van der Waals surface area contributed by atoms with Gasteiger partial charge in [0.15, 0.2) is 0 Å². The number of carboxylic acids is 1. The lowest BCUT2D eigenvalue weighted by Crippen LogP contribution is -2.25. The lowest BCUT2D eigenvalue weighted by atomic mass is 10.1. The second-order valence-corrected chi connectivity index (χ2v) is 6.96. The summed E-state index contributed by atoms with van der Waals surface area (Å²) in [7, 11) is -0.760. The molecule has 3 heteroatoms. The molecule has 1 N–H and O–H groups in total. The molecular formula is C16H18O2Si. The summed E-state index contributed by atoms with van der Waals surface area (Å²) in [6.07, 6.45) is 1.58. The van der Waals surface area contributed by atoms with Crippen molar-refractivity contribution in [1.82, 2.24) is 0 Å². The van der Waals surface area contributed by atoms with E-state index in [-0.39, 0.29) is 5.54 Å². The summed E-state index contributed by atoms with van der Waals surface area (Å²) < 4.78 is 0. The largest absolute Gasteiger partial charge is 0.481 e. The number of carbonyl (C=O) groups is 1. The molecule has 2 rings (SSSR count). The molecule has 0 radical (unpaired) electrons. The maximum atomic E-state index is 11.4. The van der Waals surface area contributed by atoms with E-state index >= 15 is 0 Å². The van der Waals surface area contributed by atoms with Crippen molar-refractivity contribution in [3.8, 4) is 0 Å². The van der Waals surface area contributed by atoms with E-state index in [1.54, 1.807) is 0 Å². The van der Waals surface area contributed by atoms with Crippen LogP contribution in [0.3, 0.4) is 0 Å². The molecule has 0 heterocycles. The Morgan fingerprint density at radius 1 is 1.00 bits per heavy atom. The second kappa shape index (κ2) is 6.90. The van der Waals surface area contributed by atoms with E-state index in [4.69, 9.17) is 0 Å². The van der Waals surface area contributed by atoms with Crippen molar-refractivity contribution in [2.24, 2.45) is 0 Å². The van der Waals surface area contributed by atoms with Crippen LogP contribution < -0.4 is 5.19 Å². The molecule has 0 bridgehead atoms. The van der Waals surface area contributed by atoms with Gasteiger partial charge in [0.1, 0.15) is 0 Å². The van der Waals surface area contributed by atoms with Crippen LogP contribution in [0.2, 0.25) is 5.54 Å². The van der Waals surface area contributed by atoms with E-state index in [0.717, 1.165) is 12.8 Å². The van der Waals surface area contributed by atoms with Crippen molar-refractivity contribution in [3.05, 3.63) is 66.2 Å². The number of benzene rings is 2. The Labute approximate surface area is 115 Å². The fraction of sp³-hybridized carbons (Fsp3) is 0.188. The third-order valence-electron chi connectivity index (χ3n) is 3.30. The molecule has 19 heavy (non-hydrogen) atoms. The van der Waals surface area contributed by atoms with Crippen molar-refractivity contribution in [1.29, 1.82) is 0 Å². The van der Waals surface area contributed by atoms with Gasteiger partial charge < -0.3 is 5.11 Å². The van der Waals surface area contributed by atoms with Crippen molar-refractivity contribution < 1.29 is 9.90 Å². The van der Waals surface area contributed by atoms with Crippen LogP contribution in [-0.4, -0.2) is 20.6 Å². The van der Waals surface area contributed by atoms with E-state index in [1.807, 2.05) is 48.5 Å². The van der Waals surface area contributed by atoms with Crippen LogP contribution in [0.25, 0.3) is 0 Å². The van der Waals surface area contributed by atoms with E-state index in [0.29, 0.717) is 0 Å². The van der Waals surface area contributed by atoms with Crippen LogP contribution in [0.15, 0.2) is 60.7 Å². The van der Waals surface area contributed by atoms with Gasteiger partial charge >= 0.3 is 5.97 Å². The lowest BCUT2D eigenvalue weighted by Gasteiger charge is -2.11. The third-order valence-corrected chi connectivity index (χ3v) is 5.49. The van der Waals surface area contributed by atoms with Gasteiger partial charge in [-0.3, -0.25) is 4.79 Å². The molecule has 2 nitrogen and oxygen atoms in total. The summed E-state index contributed by atoms with van der Waals surface area (Å²) in [6, 6.07) is 20.1. The molecule has 1 atom stereocenters. The maximum Gasteiger partial charge on any atom is 0.303 e. The highest BCUT2D eigenvalue weighted by molar-refractivity contribution is 6.58. The highest BCUT2D eigenvalue weighted by atomic mass is 28.2. The quantitative estimate of drug-likeness (QED) is 0.815. The average molecular weight is 270 g/mol. The molecular weight excluding hydrogens is 252 g/mol. The summed E-state index contributed by atoms with van der Waals surface area (Å²) in [5.41, 5.74) is 1.04. The number of carboxylic acid groups (broad SMARTS) is 1. The molecule has 0 aliphatic rings. The number of aliphatic carboxylic acids is 1. The van der Waals surface area contributed by atoms with Crippen molar-refractivity contribution in [3.63, 3.8) is 0 Å². The Hall–Kier alpha value is -1.87. The molecule has 0 spiro atoms. The second-order valence-electron chi connectivity index (χ2n) is 4.75. The van der Waals surface area contributed by atoms with Gasteiger partial charge in [0.2, 0.25) is 0 Å². The van der Waals surface area contributed by atoms with Gasteiger partial charge in [-0.15, -0.1) is 0 Å². The van der Waals surface area contributed by atoms with Crippen molar-refractivity contribution in [2.45, 2.75) is 18.4 Å². The van der Waals surface area contributed by atoms with Crippen LogP contribution in [0.4, 0.5) is 0 Å². The number of aryl methyl sites for hydroxylation is 1. The molecule has 0 aliphatic heterocycles. The fourth-order valence-corrected chi connectivity index (χ4v) is 3.89. The van der Waals surface area contributed by atoms with Crippen molar-refractivity contribution >= 4 is 20.7 Å². The van der Waals surface area contributed by atoms with E-state index in [1.165, 1.54) is 10.8 Å². The first kappa shape index (κ1) is 13.6. The summed E-state index contributed by atoms with van der Waals surface area (Å²) in [5.74, 6) is -0.647. The molecule has 2 aromatic carbocycles. The van der Waals surface area contributed by atoms with E-state index < -0.39 is 15.5 Å². The van der Waals surface area contributed by atoms with Crippen LogP contribution in [-0.2, 0) is 11.2 Å². The first-order valence-corrected chi connectivity index (χ1v) is 8.08. The number of hydrogen-bond donors (Lipinski definition) is 1. The molecule has 0 amide bonds. The summed E-state index contributed by atoms with van der Waals surface area (Å²) in [5, 5.41) is 10.6. The first-order valence-electron chi connectivity index (χ1n) is 6.56. The normalized spacial score (nSPS) is 12.6. The molecule has 0 saturated carbocycles. The number of rotatable bonds is 6. The minimum absolute atomic E-state index is 0.178. The first-order chi connectivity index (χ1) is 9.25. The molecule has 1 unspecified atom stereocenters. The van der Waals surface area contributed by atoms with Crippen LogP contribution in [0, 0.1) is 0 Å². The van der Waals surface area contributed by atoms with Crippen LogP contribution in [0.1, 0.15) is 12.0 Å². The van der Waals surface area contributed by atoms with E-state index in [2.05, 4.69) is 12.1 Å². The lowest BCUT2D eigenvalue weighted by molar-refractivity contribution is -0.137. The topological polar surface area (TPSA) is 37.3 Å². The van der Waals surface area contributed by atoms with E-state index in [9.17, 15) is 9.90 Å². The Bertz CT molecular complexity index is 511. The molecule has 0 fully saturated rings. The fourth-order valence-electron chi connectivity index (χ4n) is 2.20. The Morgan fingerprint density at radius 2 is 1.58 bits per heavy atom. The zero-order valence-corrected chi connectivity index (χ0v) is 12.2.